The van der Waals surface area contributed by atoms with Crippen LogP contribution in [0.2, 0.25) is 5.02 Å². The number of carbonyl (C=O) groups is 1. The molecule has 1 amide bonds. The molecule has 0 saturated heterocycles. The van der Waals surface area contributed by atoms with Gasteiger partial charge in [-0.1, -0.05) is 29.8 Å². The van der Waals surface area contributed by atoms with Gasteiger partial charge in [-0.25, -0.2) is 9.67 Å². The maximum absolute atomic E-state index is 12.9. The minimum absolute atomic E-state index is 0.223. The van der Waals surface area contributed by atoms with E-state index in [-0.39, 0.29) is 5.91 Å². The van der Waals surface area contributed by atoms with Crippen LogP contribution in [0.15, 0.2) is 48.5 Å². The minimum atomic E-state index is -0.223. The number of hydrogen-bond acceptors (Lipinski definition) is 5. The summed E-state index contributed by atoms with van der Waals surface area (Å²) in [7, 11) is 0. The molecular weight excluding hydrogens is 400 g/mol. The number of hydrogen-bond donors (Lipinski definition) is 1. The smallest absolute Gasteiger partial charge is 0.285 e. The van der Waals surface area contributed by atoms with Crippen LogP contribution in [-0.2, 0) is 11.5 Å². The van der Waals surface area contributed by atoms with Crippen LogP contribution in [-0.4, -0.2) is 20.7 Å². The van der Waals surface area contributed by atoms with Gasteiger partial charge in [0.1, 0.15) is 5.82 Å². The molecule has 0 fully saturated rings. The molecule has 3 heterocycles. The second kappa shape index (κ2) is 6.67. The van der Waals surface area contributed by atoms with E-state index in [1.807, 2.05) is 48.5 Å². The molecule has 0 saturated carbocycles. The van der Waals surface area contributed by atoms with Crippen molar-refractivity contribution < 1.29 is 4.79 Å². The first kappa shape index (κ1) is 16.8. The first-order valence-electron chi connectivity index (χ1n) is 8.30. The number of nitrogens with zero attached hydrogens (tertiary/aromatic N) is 3. The number of fused-ring (bicyclic) bond motifs is 2. The Labute approximate surface area is 168 Å². The van der Waals surface area contributed by atoms with Gasteiger partial charge < -0.3 is 5.32 Å². The zero-order valence-corrected chi connectivity index (χ0v) is 16.4. The second-order valence-corrected chi connectivity index (χ2v) is 8.55. The average molecular weight is 413 g/mol. The van der Waals surface area contributed by atoms with Gasteiger partial charge in [-0.05, 0) is 30.3 Å². The molecule has 5 rings (SSSR count). The Morgan fingerprint density at radius 3 is 2.89 bits per heavy atom. The van der Waals surface area contributed by atoms with Gasteiger partial charge >= 0.3 is 0 Å². The molecule has 1 aliphatic rings. The van der Waals surface area contributed by atoms with Crippen molar-refractivity contribution >= 4 is 56.6 Å². The number of aromatic nitrogens is 3. The van der Waals surface area contributed by atoms with Crippen LogP contribution in [0.5, 0.6) is 0 Å². The van der Waals surface area contributed by atoms with Gasteiger partial charge in [-0.3, -0.25) is 4.79 Å². The van der Waals surface area contributed by atoms with Crippen molar-refractivity contribution in [2.24, 2.45) is 0 Å². The average Bonchev–Trinajstić information content (AvgIpc) is 3.36. The number of carbonyl (C=O) groups excluding carboxylic acids is 1. The van der Waals surface area contributed by atoms with Crippen molar-refractivity contribution in [3.63, 3.8) is 0 Å². The Kier molecular flexibility index (Phi) is 4.15. The summed E-state index contributed by atoms with van der Waals surface area (Å²) in [4.78, 5) is 17.3. The van der Waals surface area contributed by atoms with Crippen molar-refractivity contribution in [2.75, 3.05) is 5.32 Å². The highest BCUT2D eigenvalue weighted by molar-refractivity contribution is 7.98. The zero-order valence-electron chi connectivity index (χ0n) is 14.0. The fraction of sp³-hybridized carbons (Fsp3) is 0.105. The summed E-state index contributed by atoms with van der Waals surface area (Å²) < 4.78 is 2.76. The lowest BCUT2D eigenvalue weighted by atomic mass is 10.2. The summed E-state index contributed by atoms with van der Waals surface area (Å²) in [5, 5.41) is 8.80. The van der Waals surface area contributed by atoms with Crippen LogP contribution < -0.4 is 5.32 Å². The van der Waals surface area contributed by atoms with Gasteiger partial charge in [0.15, 0.2) is 5.01 Å². The molecule has 0 radical (unpaired) electrons. The van der Waals surface area contributed by atoms with E-state index in [9.17, 15) is 4.79 Å². The molecule has 4 aromatic rings. The molecule has 0 spiro atoms. The fourth-order valence-corrected chi connectivity index (χ4v) is 5.15. The molecule has 8 heteroatoms. The Hall–Kier alpha value is -2.35. The predicted molar refractivity (Wildman–Crippen MR) is 111 cm³/mol. The highest BCUT2D eigenvalue weighted by Gasteiger charge is 2.26. The second-order valence-electron chi connectivity index (χ2n) is 6.10. The largest absolute Gasteiger partial charge is 0.304 e. The summed E-state index contributed by atoms with van der Waals surface area (Å²) in [5.41, 5.74) is 3.72. The Bertz CT molecular complexity index is 1150. The minimum Gasteiger partial charge on any atom is -0.304 e. The van der Waals surface area contributed by atoms with E-state index in [1.54, 1.807) is 16.4 Å². The summed E-state index contributed by atoms with van der Waals surface area (Å²) in [5.74, 6) is 2.14. The summed E-state index contributed by atoms with van der Waals surface area (Å²) in [6.45, 7) is 0. The Balaban J connectivity index is 1.55. The molecule has 0 aliphatic carbocycles. The van der Waals surface area contributed by atoms with E-state index >= 15 is 0 Å². The Morgan fingerprint density at radius 2 is 2.04 bits per heavy atom. The standard InChI is InChI=1S/C19H13ClN4OS2/c20-11-4-3-5-12(8-11)24-17(13-9-26-10-15(13)23-24)22-18(25)19-21-14-6-1-2-7-16(14)27-19/h1-8H,9-10H2,(H,22,25). The third-order valence-electron chi connectivity index (χ3n) is 4.32. The van der Waals surface area contributed by atoms with E-state index in [2.05, 4.69) is 10.3 Å². The van der Waals surface area contributed by atoms with Gasteiger partial charge in [0.05, 0.1) is 21.6 Å². The molecule has 27 heavy (non-hydrogen) atoms. The van der Waals surface area contributed by atoms with E-state index in [1.165, 1.54) is 11.3 Å². The van der Waals surface area contributed by atoms with E-state index in [4.69, 9.17) is 16.7 Å². The predicted octanol–water partition coefficient (Wildman–Crippen LogP) is 5.13. The van der Waals surface area contributed by atoms with Crippen LogP contribution in [0.1, 0.15) is 21.1 Å². The molecule has 1 N–H and O–H groups in total. The lowest BCUT2D eigenvalue weighted by Crippen LogP contribution is -2.16. The molecule has 5 nitrogen and oxygen atoms in total. The van der Waals surface area contributed by atoms with Gasteiger partial charge in [-0.15, -0.1) is 11.3 Å². The molecule has 2 aromatic carbocycles. The normalized spacial score (nSPS) is 13.1. The number of amides is 1. The van der Waals surface area contributed by atoms with Crippen molar-refractivity contribution in [3.8, 4) is 5.69 Å². The number of anilines is 1. The maximum atomic E-state index is 12.9. The maximum Gasteiger partial charge on any atom is 0.285 e. The van der Waals surface area contributed by atoms with Gasteiger partial charge in [-0.2, -0.15) is 16.9 Å². The van der Waals surface area contributed by atoms with Crippen LogP contribution in [0.25, 0.3) is 15.9 Å². The highest BCUT2D eigenvalue weighted by atomic mass is 35.5. The molecule has 0 unspecified atom stereocenters. The van der Waals surface area contributed by atoms with Gasteiger partial charge in [0.2, 0.25) is 0 Å². The number of rotatable bonds is 3. The third-order valence-corrected chi connectivity index (χ3v) is 6.57. The molecule has 134 valence electrons. The lowest BCUT2D eigenvalue weighted by molar-refractivity contribution is 0.102. The first-order chi connectivity index (χ1) is 13.2. The molecular formula is C19H13ClN4OS2. The van der Waals surface area contributed by atoms with E-state index in [0.29, 0.717) is 15.8 Å². The van der Waals surface area contributed by atoms with Crippen molar-refractivity contribution in [2.45, 2.75) is 11.5 Å². The van der Waals surface area contributed by atoms with Crippen molar-refractivity contribution in [3.05, 3.63) is 69.8 Å². The SMILES string of the molecule is O=C(Nc1c2c(nn1-c1cccc(Cl)c1)CSC2)c1nc2ccccc2s1. The monoisotopic (exact) mass is 412 g/mol. The zero-order chi connectivity index (χ0) is 18.4. The van der Waals surface area contributed by atoms with E-state index < -0.39 is 0 Å². The number of thiazole rings is 1. The molecule has 0 bridgehead atoms. The summed E-state index contributed by atoms with van der Waals surface area (Å²) >= 11 is 9.32. The summed E-state index contributed by atoms with van der Waals surface area (Å²) in [6, 6.07) is 15.2. The van der Waals surface area contributed by atoms with Crippen molar-refractivity contribution in [1.29, 1.82) is 0 Å². The van der Waals surface area contributed by atoms with Gasteiger partial charge in [0.25, 0.3) is 5.91 Å². The van der Waals surface area contributed by atoms with Crippen molar-refractivity contribution in [1.82, 2.24) is 14.8 Å². The highest BCUT2D eigenvalue weighted by Crippen LogP contribution is 2.36. The molecule has 1 aliphatic heterocycles. The quantitative estimate of drug-likeness (QED) is 0.506. The molecule has 2 aromatic heterocycles. The van der Waals surface area contributed by atoms with Crippen LogP contribution in [0.4, 0.5) is 5.82 Å². The van der Waals surface area contributed by atoms with E-state index in [0.717, 1.165) is 38.7 Å². The van der Waals surface area contributed by atoms with Crippen LogP contribution in [0.3, 0.4) is 0 Å². The first-order valence-corrected chi connectivity index (χ1v) is 10.7. The fourth-order valence-electron chi connectivity index (χ4n) is 3.07. The number of benzene rings is 2. The Morgan fingerprint density at radius 1 is 1.15 bits per heavy atom. The number of para-hydroxylation sites is 1. The molecule has 0 atom stereocenters. The van der Waals surface area contributed by atoms with Gasteiger partial charge in [0, 0.05) is 22.1 Å². The summed E-state index contributed by atoms with van der Waals surface area (Å²) in [6.07, 6.45) is 0. The third kappa shape index (κ3) is 3.01. The van der Waals surface area contributed by atoms with Crippen LogP contribution in [0, 0.1) is 0 Å². The number of halogens is 1. The lowest BCUT2D eigenvalue weighted by Gasteiger charge is -2.10. The number of thioether (sulfide) groups is 1. The van der Waals surface area contributed by atoms with Crippen LogP contribution >= 0.6 is 34.7 Å². The number of nitrogens with one attached hydrogen (secondary N) is 1. The topological polar surface area (TPSA) is 59.8 Å².